The van der Waals surface area contributed by atoms with Crippen LogP contribution in [0.1, 0.15) is 36.3 Å². The number of amides is 1. The molecule has 1 aromatic carbocycles. The summed E-state index contributed by atoms with van der Waals surface area (Å²) in [5, 5.41) is 2.93. The van der Waals surface area contributed by atoms with E-state index in [0.717, 1.165) is 48.5 Å². The summed E-state index contributed by atoms with van der Waals surface area (Å²) < 4.78 is 8.73. The molecule has 1 amide bonds. The standard InChI is InChI=1S/C22H26N4O3/c1-15-12-18-21(22(28)25-11-5-3-4-6-19(25)24-18)26(15)14-20(27)23-13-16-7-9-17(29-2)10-8-16/h7-10,12H,3-6,11,13-14H2,1-2H3,(H,23,27). The van der Waals surface area contributed by atoms with Crippen molar-refractivity contribution in [3.05, 3.63) is 57.8 Å². The van der Waals surface area contributed by atoms with Crippen LogP contribution in [0.25, 0.3) is 11.0 Å². The number of nitrogens with one attached hydrogen (secondary N) is 1. The number of hydrogen-bond acceptors (Lipinski definition) is 4. The van der Waals surface area contributed by atoms with Gasteiger partial charge < -0.3 is 14.6 Å². The summed E-state index contributed by atoms with van der Waals surface area (Å²) in [5.41, 5.74) is 3.02. The largest absolute Gasteiger partial charge is 0.497 e. The van der Waals surface area contributed by atoms with E-state index in [9.17, 15) is 9.59 Å². The van der Waals surface area contributed by atoms with Gasteiger partial charge in [-0.2, -0.15) is 0 Å². The van der Waals surface area contributed by atoms with Crippen LogP contribution in [0.3, 0.4) is 0 Å². The van der Waals surface area contributed by atoms with Crippen molar-refractivity contribution in [2.24, 2.45) is 0 Å². The van der Waals surface area contributed by atoms with Gasteiger partial charge in [-0.15, -0.1) is 0 Å². The summed E-state index contributed by atoms with van der Waals surface area (Å²) in [6.45, 7) is 3.13. The normalized spacial score (nSPS) is 13.7. The third-order valence-electron chi connectivity index (χ3n) is 5.53. The highest BCUT2D eigenvalue weighted by molar-refractivity contribution is 5.81. The fraction of sp³-hybridized carbons (Fsp3) is 0.409. The molecule has 1 aliphatic rings. The first kappa shape index (κ1) is 19.2. The molecule has 0 saturated heterocycles. The zero-order valence-corrected chi connectivity index (χ0v) is 16.9. The molecule has 0 radical (unpaired) electrons. The first-order valence-electron chi connectivity index (χ1n) is 10.1. The first-order valence-corrected chi connectivity index (χ1v) is 10.1. The Kier molecular flexibility index (Phi) is 5.38. The van der Waals surface area contributed by atoms with Crippen molar-refractivity contribution in [1.82, 2.24) is 19.4 Å². The van der Waals surface area contributed by atoms with Crippen molar-refractivity contribution in [2.75, 3.05) is 7.11 Å². The number of ether oxygens (including phenoxy) is 1. The van der Waals surface area contributed by atoms with Gasteiger partial charge in [0.05, 0.1) is 12.6 Å². The molecular formula is C22H26N4O3. The minimum atomic E-state index is -0.138. The topological polar surface area (TPSA) is 78.2 Å². The zero-order valence-electron chi connectivity index (χ0n) is 16.9. The van der Waals surface area contributed by atoms with E-state index in [1.165, 1.54) is 0 Å². The van der Waals surface area contributed by atoms with Gasteiger partial charge in [0.15, 0.2) is 0 Å². The summed E-state index contributed by atoms with van der Waals surface area (Å²) in [6.07, 6.45) is 3.99. The zero-order chi connectivity index (χ0) is 20.4. The van der Waals surface area contributed by atoms with Gasteiger partial charge in [0.25, 0.3) is 5.56 Å². The molecule has 0 spiro atoms. The van der Waals surface area contributed by atoms with Gasteiger partial charge in [-0.3, -0.25) is 14.2 Å². The van der Waals surface area contributed by atoms with Crippen LogP contribution < -0.4 is 15.6 Å². The SMILES string of the molecule is COc1ccc(CNC(=O)Cn2c(C)cc3nc4n(c(=O)c32)CCCCC4)cc1. The highest BCUT2D eigenvalue weighted by atomic mass is 16.5. The Hall–Kier alpha value is -3.09. The molecule has 2 aromatic heterocycles. The van der Waals surface area contributed by atoms with Crippen LogP contribution >= 0.6 is 0 Å². The third-order valence-corrected chi connectivity index (χ3v) is 5.53. The summed E-state index contributed by atoms with van der Waals surface area (Å²) in [6, 6.07) is 9.47. The van der Waals surface area contributed by atoms with Crippen LogP contribution in [-0.2, 0) is 30.8 Å². The lowest BCUT2D eigenvalue weighted by Crippen LogP contribution is -2.30. The number of carbonyl (C=O) groups is 1. The van der Waals surface area contributed by atoms with Crippen molar-refractivity contribution in [3.8, 4) is 5.75 Å². The van der Waals surface area contributed by atoms with Gasteiger partial charge in [0.2, 0.25) is 5.91 Å². The lowest BCUT2D eigenvalue weighted by Gasteiger charge is -2.12. The number of aryl methyl sites for hydroxylation is 2. The minimum absolute atomic E-state index is 0.0389. The van der Waals surface area contributed by atoms with Crippen LogP contribution in [0.15, 0.2) is 35.1 Å². The van der Waals surface area contributed by atoms with Gasteiger partial charge in [-0.25, -0.2) is 4.98 Å². The summed E-state index contributed by atoms with van der Waals surface area (Å²) >= 11 is 0. The molecule has 1 N–H and O–H groups in total. The van der Waals surface area contributed by atoms with E-state index in [2.05, 4.69) is 5.32 Å². The predicted octanol–water partition coefficient (Wildman–Crippen LogP) is 2.56. The molecule has 3 heterocycles. The summed E-state index contributed by atoms with van der Waals surface area (Å²) in [5.74, 6) is 1.50. The predicted molar refractivity (Wildman–Crippen MR) is 111 cm³/mol. The minimum Gasteiger partial charge on any atom is -0.497 e. The van der Waals surface area contributed by atoms with Crippen molar-refractivity contribution < 1.29 is 9.53 Å². The smallest absolute Gasteiger partial charge is 0.278 e. The Balaban J connectivity index is 1.55. The molecule has 7 heteroatoms. The lowest BCUT2D eigenvalue weighted by molar-refractivity contribution is -0.121. The van der Waals surface area contributed by atoms with Gasteiger partial charge in [0, 0.05) is 25.2 Å². The number of hydrogen-bond donors (Lipinski definition) is 1. The van der Waals surface area contributed by atoms with E-state index in [1.807, 2.05) is 37.3 Å². The molecule has 0 bridgehead atoms. The average molecular weight is 394 g/mol. The number of aromatic nitrogens is 3. The number of nitrogens with zero attached hydrogens (tertiary/aromatic N) is 3. The van der Waals surface area contributed by atoms with Crippen LogP contribution in [0.4, 0.5) is 0 Å². The Bertz CT molecular complexity index is 1100. The number of fused-ring (bicyclic) bond motifs is 2. The highest BCUT2D eigenvalue weighted by Crippen LogP contribution is 2.18. The number of methoxy groups -OCH3 is 1. The van der Waals surface area contributed by atoms with Crippen molar-refractivity contribution in [3.63, 3.8) is 0 Å². The van der Waals surface area contributed by atoms with E-state index in [4.69, 9.17) is 9.72 Å². The van der Waals surface area contributed by atoms with Crippen LogP contribution in [0.5, 0.6) is 5.75 Å². The second-order valence-corrected chi connectivity index (χ2v) is 7.53. The molecule has 7 nitrogen and oxygen atoms in total. The Labute approximate surface area is 169 Å². The first-order chi connectivity index (χ1) is 14.1. The fourth-order valence-electron chi connectivity index (χ4n) is 3.91. The van der Waals surface area contributed by atoms with Crippen LogP contribution in [0.2, 0.25) is 0 Å². The van der Waals surface area contributed by atoms with Crippen molar-refractivity contribution in [1.29, 1.82) is 0 Å². The molecule has 0 aliphatic carbocycles. The number of benzene rings is 1. The van der Waals surface area contributed by atoms with Gasteiger partial charge in [-0.05, 0) is 43.5 Å². The van der Waals surface area contributed by atoms with E-state index in [-0.39, 0.29) is 18.0 Å². The van der Waals surface area contributed by atoms with Crippen LogP contribution in [0, 0.1) is 6.92 Å². The monoisotopic (exact) mass is 394 g/mol. The lowest BCUT2D eigenvalue weighted by atomic mass is 10.2. The number of carbonyl (C=O) groups excluding carboxylic acids is 1. The third kappa shape index (κ3) is 3.90. The molecule has 0 atom stereocenters. The summed E-state index contributed by atoms with van der Waals surface area (Å²) in [4.78, 5) is 30.4. The molecule has 29 heavy (non-hydrogen) atoms. The number of rotatable bonds is 5. The second-order valence-electron chi connectivity index (χ2n) is 7.53. The van der Waals surface area contributed by atoms with Gasteiger partial charge in [-0.1, -0.05) is 18.6 Å². The van der Waals surface area contributed by atoms with Crippen LogP contribution in [-0.4, -0.2) is 27.1 Å². The van der Waals surface area contributed by atoms with E-state index in [1.54, 1.807) is 16.2 Å². The fourth-order valence-corrected chi connectivity index (χ4v) is 3.91. The molecule has 0 fully saturated rings. The van der Waals surface area contributed by atoms with Crippen molar-refractivity contribution in [2.45, 2.75) is 52.2 Å². The molecular weight excluding hydrogens is 368 g/mol. The molecule has 4 rings (SSSR count). The van der Waals surface area contributed by atoms with E-state index < -0.39 is 0 Å². The van der Waals surface area contributed by atoms with Gasteiger partial charge >= 0.3 is 0 Å². The highest BCUT2D eigenvalue weighted by Gasteiger charge is 2.19. The van der Waals surface area contributed by atoms with Crippen molar-refractivity contribution >= 4 is 16.9 Å². The molecule has 152 valence electrons. The Morgan fingerprint density at radius 3 is 2.76 bits per heavy atom. The molecule has 0 unspecified atom stereocenters. The molecule has 0 saturated carbocycles. The van der Waals surface area contributed by atoms with E-state index in [0.29, 0.717) is 24.1 Å². The molecule has 3 aromatic rings. The maximum absolute atomic E-state index is 13.1. The second kappa shape index (κ2) is 8.11. The maximum Gasteiger partial charge on any atom is 0.278 e. The average Bonchev–Trinajstić information content (AvgIpc) is 2.89. The van der Waals surface area contributed by atoms with E-state index >= 15 is 0 Å². The summed E-state index contributed by atoms with van der Waals surface area (Å²) in [7, 11) is 1.62. The van der Waals surface area contributed by atoms with Gasteiger partial charge in [0.1, 0.15) is 23.6 Å². The maximum atomic E-state index is 13.1. The Morgan fingerprint density at radius 1 is 1.21 bits per heavy atom. The quantitative estimate of drug-likeness (QED) is 0.721. The Morgan fingerprint density at radius 2 is 2.00 bits per heavy atom. The molecule has 1 aliphatic heterocycles.